The van der Waals surface area contributed by atoms with Gasteiger partial charge in [0.2, 0.25) is 0 Å². The number of phenolic OH excluding ortho intramolecular Hbond substituents is 1. The first-order chi connectivity index (χ1) is 11.7. The van der Waals surface area contributed by atoms with Crippen LogP contribution in [0.5, 0.6) is 11.5 Å². The lowest BCUT2D eigenvalue weighted by Gasteiger charge is -2.04. The van der Waals surface area contributed by atoms with Crippen LogP contribution in [0, 0.1) is 0 Å². The van der Waals surface area contributed by atoms with Crippen LogP contribution < -0.4 is 4.74 Å². The highest BCUT2D eigenvalue weighted by molar-refractivity contribution is 5.91. The number of nitrogens with zero attached hydrogens (tertiary/aromatic N) is 1. The smallest absolute Gasteiger partial charge is 0.343 e. The first kappa shape index (κ1) is 15.5. The number of hydrogen-bond donors (Lipinski definition) is 1. The van der Waals surface area contributed by atoms with Crippen LogP contribution in [0.2, 0.25) is 0 Å². The van der Waals surface area contributed by atoms with E-state index in [1.807, 2.05) is 30.3 Å². The van der Waals surface area contributed by atoms with Crippen molar-refractivity contribution in [2.45, 2.75) is 0 Å². The Morgan fingerprint density at radius 1 is 0.875 bits per heavy atom. The molecule has 3 aromatic rings. The van der Waals surface area contributed by atoms with Crippen LogP contribution in [0.4, 0.5) is 5.69 Å². The van der Waals surface area contributed by atoms with E-state index in [-0.39, 0.29) is 5.75 Å². The minimum atomic E-state index is -0.476. The third-order valence-electron chi connectivity index (χ3n) is 3.31. The Bertz CT molecular complexity index is 838. The summed E-state index contributed by atoms with van der Waals surface area (Å²) < 4.78 is 5.29. The first-order valence-corrected chi connectivity index (χ1v) is 7.41. The highest BCUT2D eigenvalue weighted by Crippen LogP contribution is 2.19. The Kier molecular flexibility index (Phi) is 4.68. The quantitative estimate of drug-likeness (QED) is 0.442. The molecular weight excluding hydrogens is 302 g/mol. The van der Waals surface area contributed by atoms with Gasteiger partial charge < -0.3 is 9.84 Å². The molecule has 0 saturated carbocycles. The van der Waals surface area contributed by atoms with Crippen LogP contribution in [0.1, 0.15) is 15.9 Å². The van der Waals surface area contributed by atoms with Gasteiger partial charge in [0.05, 0.1) is 11.3 Å². The summed E-state index contributed by atoms with van der Waals surface area (Å²) in [4.78, 5) is 16.4. The SMILES string of the molecule is O=C(Oc1ccc(N=Cc2ccccc2)cc1)c1ccc(O)cc1. The lowest BCUT2D eigenvalue weighted by molar-refractivity contribution is 0.0735. The van der Waals surface area contributed by atoms with E-state index in [0.717, 1.165) is 11.3 Å². The van der Waals surface area contributed by atoms with Gasteiger partial charge >= 0.3 is 5.97 Å². The van der Waals surface area contributed by atoms with Crippen molar-refractivity contribution in [1.82, 2.24) is 0 Å². The van der Waals surface area contributed by atoms with Gasteiger partial charge in [-0.25, -0.2) is 4.79 Å². The molecular formula is C20H15NO3. The van der Waals surface area contributed by atoms with Crippen molar-refractivity contribution in [2.24, 2.45) is 4.99 Å². The second kappa shape index (κ2) is 7.24. The van der Waals surface area contributed by atoms with Crippen molar-refractivity contribution in [3.8, 4) is 11.5 Å². The molecule has 0 heterocycles. The molecule has 0 amide bonds. The first-order valence-electron chi connectivity index (χ1n) is 7.41. The normalized spacial score (nSPS) is 10.7. The Hall–Kier alpha value is -3.40. The van der Waals surface area contributed by atoms with Crippen LogP contribution in [0.25, 0.3) is 0 Å². The fourth-order valence-electron chi connectivity index (χ4n) is 2.05. The van der Waals surface area contributed by atoms with E-state index in [1.54, 1.807) is 30.5 Å². The van der Waals surface area contributed by atoms with Crippen molar-refractivity contribution in [3.05, 3.63) is 90.0 Å². The molecule has 3 rings (SSSR count). The predicted octanol–water partition coefficient (Wildman–Crippen LogP) is 4.36. The van der Waals surface area contributed by atoms with E-state index >= 15 is 0 Å². The average molecular weight is 317 g/mol. The van der Waals surface area contributed by atoms with Crippen LogP contribution in [-0.2, 0) is 0 Å². The summed E-state index contributed by atoms with van der Waals surface area (Å²) in [6, 6.07) is 22.6. The van der Waals surface area contributed by atoms with Crippen molar-refractivity contribution < 1.29 is 14.6 Å². The maximum atomic E-state index is 12.0. The highest BCUT2D eigenvalue weighted by atomic mass is 16.5. The van der Waals surface area contributed by atoms with E-state index in [0.29, 0.717) is 11.3 Å². The summed E-state index contributed by atoms with van der Waals surface area (Å²) in [6.45, 7) is 0. The molecule has 4 nitrogen and oxygen atoms in total. The molecule has 118 valence electrons. The molecule has 0 saturated heterocycles. The molecule has 0 unspecified atom stereocenters. The number of aromatic hydroxyl groups is 1. The number of hydrogen-bond acceptors (Lipinski definition) is 4. The van der Waals surface area contributed by atoms with Gasteiger partial charge in [-0.15, -0.1) is 0 Å². The molecule has 0 aliphatic heterocycles. The number of esters is 1. The largest absolute Gasteiger partial charge is 0.508 e. The minimum Gasteiger partial charge on any atom is -0.508 e. The third kappa shape index (κ3) is 4.08. The molecule has 0 radical (unpaired) electrons. The summed E-state index contributed by atoms with van der Waals surface area (Å²) >= 11 is 0. The summed E-state index contributed by atoms with van der Waals surface area (Å²) in [6.07, 6.45) is 1.78. The predicted molar refractivity (Wildman–Crippen MR) is 93.2 cm³/mol. The summed E-state index contributed by atoms with van der Waals surface area (Å²) in [5, 5.41) is 9.23. The van der Waals surface area contributed by atoms with E-state index in [2.05, 4.69) is 4.99 Å². The third-order valence-corrected chi connectivity index (χ3v) is 3.31. The number of benzene rings is 3. The molecule has 0 aliphatic carbocycles. The lowest BCUT2D eigenvalue weighted by Crippen LogP contribution is -2.07. The van der Waals surface area contributed by atoms with E-state index in [9.17, 15) is 9.90 Å². The topological polar surface area (TPSA) is 58.9 Å². The molecule has 0 bridgehead atoms. The minimum absolute atomic E-state index is 0.104. The number of phenols is 1. The average Bonchev–Trinajstić information content (AvgIpc) is 2.62. The Morgan fingerprint density at radius 2 is 1.54 bits per heavy atom. The van der Waals surface area contributed by atoms with Gasteiger partial charge in [-0.3, -0.25) is 4.99 Å². The Balaban J connectivity index is 1.65. The highest BCUT2D eigenvalue weighted by Gasteiger charge is 2.08. The molecule has 0 atom stereocenters. The summed E-state index contributed by atoms with van der Waals surface area (Å²) in [5.41, 5.74) is 2.16. The lowest BCUT2D eigenvalue weighted by atomic mass is 10.2. The van der Waals surface area contributed by atoms with E-state index in [1.165, 1.54) is 24.3 Å². The fourth-order valence-corrected chi connectivity index (χ4v) is 2.05. The zero-order valence-corrected chi connectivity index (χ0v) is 12.8. The summed E-state index contributed by atoms with van der Waals surface area (Å²) in [7, 11) is 0. The second-order valence-corrected chi connectivity index (χ2v) is 5.10. The number of carbonyl (C=O) groups is 1. The zero-order valence-electron chi connectivity index (χ0n) is 12.8. The molecule has 1 N–H and O–H groups in total. The van der Waals surface area contributed by atoms with Gasteiger partial charge in [-0.05, 0) is 54.1 Å². The van der Waals surface area contributed by atoms with Gasteiger partial charge in [-0.1, -0.05) is 30.3 Å². The van der Waals surface area contributed by atoms with Gasteiger partial charge in [0.1, 0.15) is 11.5 Å². The number of carbonyl (C=O) groups excluding carboxylic acids is 1. The molecule has 0 aliphatic rings. The Morgan fingerprint density at radius 3 is 2.21 bits per heavy atom. The standard InChI is InChI=1S/C20H15NO3/c22-18-10-6-16(7-11-18)20(23)24-19-12-8-17(9-13-19)21-14-15-4-2-1-3-5-15/h1-14,22H. The van der Waals surface area contributed by atoms with E-state index < -0.39 is 5.97 Å². The Labute approximate surface area is 139 Å². The second-order valence-electron chi connectivity index (χ2n) is 5.10. The van der Waals surface area contributed by atoms with Crippen LogP contribution in [0.3, 0.4) is 0 Å². The molecule has 4 heteroatoms. The van der Waals surface area contributed by atoms with Crippen molar-refractivity contribution in [2.75, 3.05) is 0 Å². The van der Waals surface area contributed by atoms with Gasteiger partial charge in [-0.2, -0.15) is 0 Å². The van der Waals surface area contributed by atoms with Gasteiger partial charge in [0.15, 0.2) is 0 Å². The van der Waals surface area contributed by atoms with Gasteiger partial charge in [0.25, 0.3) is 0 Å². The van der Waals surface area contributed by atoms with Crippen molar-refractivity contribution in [1.29, 1.82) is 0 Å². The van der Waals surface area contributed by atoms with Crippen molar-refractivity contribution >= 4 is 17.9 Å². The molecule has 0 spiro atoms. The monoisotopic (exact) mass is 317 g/mol. The van der Waals surface area contributed by atoms with Crippen LogP contribution in [-0.4, -0.2) is 17.3 Å². The zero-order chi connectivity index (χ0) is 16.8. The molecule has 0 aromatic heterocycles. The van der Waals surface area contributed by atoms with Gasteiger partial charge in [0, 0.05) is 6.21 Å². The maximum absolute atomic E-state index is 12.0. The van der Waals surface area contributed by atoms with Crippen LogP contribution in [0.15, 0.2) is 83.9 Å². The van der Waals surface area contributed by atoms with Crippen LogP contribution >= 0.6 is 0 Å². The number of ether oxygens (including phenoxy) is 1. The van der Waals surface area contributed by atoms with Crippen molar-refractivity contribution in [3.63, 3.8) is 0 Å². The number of rotatable bonds is 4. The molecule has 0 fully saturated rings. The van der Waals surface area contributed by atoms with E-state index in [4.69, 9.17) is 4.74 Å². The molecule has 3 aromatic carbocycles. The summed E-state index contributed by atoms with van der Waals surface area (Å²) in [5.74, 6) is 0.0643. The maximum Gasteiger partial charge on any atom is 0.343 e. The molecule has 24 heavy (non-hydrogen) atoms. The number of aliphatic imine (C=N–C) groups is 1. The fraction of sp³-hybridized carbons (Fsp3) is 0.